The van der Waals surface area contributed by atoms with E-state index in [0.29, 0.717) is 12.3 Å². The van der Waals surface area contributed by atoms with Crippen molar-refractivity contribution in [1.82, 2.24) is 4.90 Å². The number of rotatable bonds is 9. The monoisotopic (exact) mass is 436 g/mol. The molecule has 0 radical (unpaired) electrons. The zero-order chi connectivity index (χ0) is 22.8. The summed E-state index contributed by atoms with van der Waals surface area (Å²) in [4.78, 5) is 29.0. The van der Waals surface area contributed by atoms with Gasteiger partial charge in [-0.1, -0.05) is 50.8 Å². The molecule has 1 saturated heterocycles. The van der Waals surface area contributed by atoms with E-state index >= 15 is 0 Å². The van der Waals surface area contributed by atoms with Crippen LogP contribution in [-0.2, 0) is 4.79 Å². The lowest BCUT2D eigenvalue weighted by Gasteiger charge is -2.36. The van der Waals surface area contributed by atoms with Crippen LogP contribution >= 0.6 is 0 Å². The minimum atomic E-state index is -0.256. The number of aryl methyl sites for hydroxylation is 1. The van der Waals surface area contributed by atoms with Crippen molar-refractivity contribution < 1.29 is 9.59 Å². The van der Waals surface area contributed by atoms with Gasteiger partial charge in [0, 0.05) is 49.7 Å². The lowest BCUT2D eigenvalue weighted by Crippen LogP contribution is -2.48. The average Bonchev–Trinajstić information content (AvgIpc) is 2.81. The second-order valence-corrected chi connectivity index (χ2v) is 8.47. The maximum Gasteiger partial charge on any atom is 0.323 e. The Balaban J connectivity index is 1.42. The average molecular weight is 437 g/mol. The van der Waals surface area contributed by atoms with Gasteiger partial charge in [0.1, 0.15) is 0 Å². The first-order chi connectivity index (χ1) is 15.6. The van der Waals surface area contributed by atoms with Gasteiger partial charge in [-0.15, -0.1) is 0 Å². The second-order valence-electron chi connectivity index (χ2n) is 8.47. The number of nitrogens with one attached hydrogen (secondary N) is 2. The van der Waals surface area contributed by atoms with E-state index < -0.39 is 0 Å². The van der Waals surface area contributed by atoms with Crippen molar-refractivity contribution in [1.29, 1.82) is 0 Å². The molecule has 6 nitrogen and oxygen atoms in total. The van der Waals surface area contributed by atoms with Gasteiger partial charge in [0.25, 0.3) is 0 Å². The third-order valence-corrected chi connectivity index (χ3v) is 6.01. The molecule has 0 aliphatic carbocycles. The van der Waals surface area contributed by atoms with Gasteiger partial charge in [-0.2, -0.15) is 0 Å². The number of anilines is 3. The first-order valence-electron chi connectivity index (χ1n) is 11.8. The van der Waals surface area contributed by atoms with Crippen molar-refractivity contribution >= 4 is 29.0 Å². The normalized spacial score (nSPS) is 13.7. The number of nitrogens with zero attached hydrogens (tertiary/aromatic N) is 2. The fourth-order valence-corrected chi connectivity index (χ4v) is 4.01. The fraction of sp³-hybridized carbons (Fsp3) is 0.462. The zero-order valence-electron chi connectivity index (χ0n) is 19.4. The van der Waals surface area contributed by atoms with Crippen LogP contribution in [0.2, 0.25) is 0 Å². The molecule has 1 fully saturated rings. The number of hydrogen-bond donors (Lipinski definition) is 2. The molecule has 2 aromatic rings. The summed E-state index contributed by atoms with van der Waals surface area (Å²) in [7, 11) is 0. The molecule has 0 aromatic heterocycles. The highest BCUT2D eigenvalue weighted by Crippen LogP contribution is 2.21. The van der Waals surface area contributed by atoms with Gasteiger partial charge in [0.15, 0.2) is 0 Å². The van der Waals surface area contributed by atoms with Crippen LogP contribution in [0.15, 0.2) is 48.5 Å². The molecule has 1 heterocycles. The largest absolute Gasteiger partial charge is 0.368 e. The molecule has 0 spiro atoms. The maximum absolute atomic E-state index is 12.4. The topological polar surface area (TPSA) is 64.7 Å². The highest BCUT2D eigenvalue weighted by Gasteiger charge is 2.21. The third kappa shape index (κ3) is 7.01. The Morgan fingerprint density at radius 3 is 2.22 bits per heavy atom. The van der Waals surface area contributed by atoms with E-state index in [1.54, 1.807) is 0 Å². The van der Waals surface area contributed by atoms with Crippen molar-refractivity contribution in [2.75, 3.05) is 41.7 Å². The minimum Gasteiger partial charge on any atom is -0.368 e. The van der Waals surface area contributed by atoms with Crippen molar-refractivity contribution in [2.45, 2.75) is 52.4 Å². The van der Waals surface area contributed by atoms with E-state index in [9.17, 15) is 9.59 Å². The molecular weight excluding hydrogens is 400 g/mol. The Labute approximate surface area is 192 Å². The molecule has 0 bridgehead atoms. The Morgan fingerprint density at radius 1 is 0.844 bits per heavy atom. The van der Waals surface area contributed by atoms with Gasteiger partial charge in [-0.25, -0.2) is 4.79 Å². The summed E-state index contributed by atoms with van der Waals surface area (Å²) in [5.74, 6) is 0.292. The van der Waals surface area contributed by atoms with Gasteiger partial charge in [-0.05, 0) is 49.2 Å². The molecule has 6 heteroatoms. The van der Waals surface area contributed by atoms with Gasteiger partial charge in [0.2, 0.25) is 5.91 Å². The summed E-state index contributed by atoms with van der Waals surface area (Å²) >= 11 is 0. The first kappa shape index (κ1) is 23.6. The Morgan fingerprint density at radius 2 is 1.53 bits per heavy atom. The number of amides is 3. The van der Waals surface area contributed by atoms with Crippen LogP contribution in [0.4, 0.5) is 21.9 Å². The molecule has 0 atom stereocenters. The van der Waals surface area contributed by atoms with Crippen molar-refractivity contribution in [3.8, 4) is 0 Å². The molecule has 1 aliphatic rings. The summed E-state index contributed by atoms with van der Waals surface area (Å²) < 4.78 is 0. The first-order valence-corrected chi connectivity index (χ1v) is 11.8. The number of carbonyl (C=O) groups excluding carboxylic acids is 2. The Kier molecular flexibility index (Phi) is 8.96. The predicted molar refractivity (Wildman–Crippen MR) is 132 cm³/mol. The van der Waals surface area contributed by atoms with Crippen LogP contribution in [0.1, 0.15) is 51.0 Å². The number of urea groups is 1. The van der Waals surface area contributed by atoms with E-state index in [-0.39, 0.29) is 6.03 Å². The van der Waals surface area contributed by atoms with Crippen LogP contribution in [-0.4, -0.2) is 43.0 Å². The predicted octanol–water partition coefficient (Wildman–Crippen LogP) is 5.65. The molecule has 172 valence electrons. The molecular formula is C26H36N4O2. The van der Waals surface area contributed by atoms with Crippen LogP contribution in [0, 0.1) is 6.92 Å². The smallest absolute Gasteiger partial charge is 0.323 e. The zero-order valence-corrected chi connectivity index (χ0v) is 19.4. The second kappa shape index (κ2) is 12.1. The summed E-state index contributed by atoms with van der Waals surface area (Å²) in [6.07, 6.45) is 6.56. The molecule has 2 aromatic carbocycles. The number of para-hydroxylation sites is 1. The molecule has 0 saturated carbocycles. The quantitative estimate of drug-likeness (QED) is 0.499. The van der Waals surface area contributed by atoms with Crippen molar-refractivity contribution in [3.05, 3.63) is 54.1 Å². The van der Waals surface area contributed by atoms with Gasteiger partial charge >= 0.3 is 6.03 Å². The SMILES string of the molecule is CCCCCCCC(=O)N1CCN(c2ccc(NC(=O)Nc3ccccc3C)cc2)CC1. The standard InChI is InChI=1S/C26H36N4O2/c1-3-4-5-6-7-12-25(31)30-19-17-29(18-20-30)23-15-13-22(14-16-23)27-26(32)28-24-11-9-8-10-21(24)2/h8-11,13-16H,3-7,12,17-20H2,1-2H3,(H2,27,28,32). The minimum absolute atomic E-state index is 0.256. The van der Waals surface area contributed by atoms with E-state index in [1.165, 1.54) is 19.3 Å². The van der Waals surface area contributed by atoms with Crippen LogP contribution < -0.4 is 15.5 Å². The van der Waals surface area contributed by atoms with E-state index in [2.05, 4.69) is 22.5 Å². The van der Waals surface area contributed by atoms with Crippen LogP contribution in [0.25, 0.3) is 0 Å². The molecule has 3 rings (SSSR count). The molecule has 3 amide bonds. The van der Waals surface area contributed by atoms with Gasteiger partial charge in [-0.3, -0.25) is 4.79 Å². The third-order valence-electron chi connectivity index (χ3n) is 6.01. The summed E-state index contributed by atoms with van der Waals surface area (Å²) in [5.41, 5.74) is 3.68. The van der Waals surface area contributed by atoms with Gasteiger partial charge < -0.3 is 20.4 Å². The molecule has 2 N–H and O–H groups in total. The number of hydrogen-bond acceptors (Lipinski definition) is 3. The van der Waals surface area contributed by atoms with Crippen LogP contribution in [0.5, 0.6) is 0 Å². The van der Waals surface area contributed by atoms with E-state index in [4.69, 9.17) is 0 Å². The van der Waals surface area contributed by atoms with E-state index in [0.717, 1.165) is 61.6 Å². The highest BCUT2D eigenvalue weighted by atomic mass is 16.2. The van der Waals surface area contributed by atoms with E-state index in [1.807, 2.05) is 60.4 Å². The van der Waals surface area contributed by atoms with Crippen molar-refractivity contribution in [2.24, 2.45) is 0 Å². The Bertz CT molecular complexity index is 874. The Hall–Kier alpha value is -3.02. The number of carbonyl (C=O) groups is 2. The van der Waals surface area contributed by atoms with Gasteiger partial charge in [0.05, 0.1) is 0 Å². The fourth-order valence-electron chi connectivity index (χ4n) is 4.01. The molecule has 1 aliphatic heterocycles. The lowest BCUT2D eigenvalue weighted by atomic mass is 10.1. The van der Waals surface area contributed by atoms with Crippen LogP contribution in [0.3, 0.4) is 0 Å². The maximum atomic E-state index is 12.4. The highest BCUT2D eigenvalue weighted by molar-refractivity contribution is 6.00. The summed E-state index contributed by atoms with van der Waals surface area (Å²) in [5, 5.41) is 5.76. The summed E-state index contributed by atoms with van der Waals surface area (Å²) in [6.45, 7) is 7.38. The number of unbranched alkanes of at least 4 members (excludes halogenated alkanes) is 4. The van der Waals surface area contributed by atoms with Crippen molar-refractivity contribution in [3.63, 3.8) is 0 Å². The number of benzene rings is 2. The number of piperazine rings is 1. The lowest BCUT2D eigenvalue weighted by molar-refractivity contribution is -0.131. The molecule has 32 heavy (non-hydrogen) atoms. The summed E-state index contributed by atoms with van der Waals surface area (Å²) in [6, 6.07) is 15.3. The molecule has 0 unspecified atom stereocenters.